The van der Waals surface area contributed by atoms with Gasteiger partial charge in [0.1, 0.15) is 6.10 Å². The maximum absolute atomic E-state index is 12.1. The van der Waals surface area contributed by atoms with Crippen molar-refractivity contribution in [2.45, 2.75) is 20.0 Å². The number of carbonyl (C=O) groups is 2. The first-order valence-electron chi connectivity index (χ1n) is 7.41. The molecule has 1 atom stereocenters. The van der Waals surface area contributed by atoms with Gasteiger partial charge >= 0.3 is 6.09 Å². The molecule has 0 aliphatic carbocycles. The zero-order valence-corrected chi connectivity index (χ0v) is 13.0. The van der Waals surface area contributed by atoms with Gasteiger partial charge in [-0.3, -0.25) is 9.69 Å². The van der Waals surface area contributed by atoms with Crippen LogP contribution in [0.5, 0.6) is 0 Å². The predicted molar refractivity (Wildman–Crippen MR) is 84.6 cm³/mol. The zero-order valence-electron chi connectivity index (χ0n) is 13.0. The SMILES string of the molecule is Cc1cc(C)cc(N2CC(CNC(=O)c3ccco3)OC2=O)c1. The quantitative estimate of drug-likeness (QED) is 0.941. The van der Waals surface area contributed by atoms with E-state index in [1.54, 1.807) is 17.0 Å². The monoisotopic (exact) mass is 314 g/mol. The highest BCUT2D eigenvalue weighted by Crippen LogP contribution is 2.24. The summed E-state index contributed by atoms with van der Waals surface area (Å²) in [6.07, 6.45) is 0.654. The number of anilines is 1. The average Bonchev–Trinajstić information content (AvgIpc) is 3.13. The molecule has 120 valence electrons. The second-order valence-electron chi connectivity index (χ2n) is 5.65. The normalized spacial score (nSPS) is 17.2. The van der Waals surface area contributed by atoms with E-state index in [2.05, 4.69) is 5.32 Å². The molecule has 23 heavy (non-hydrogen) atoms. The number of rotatable bonds is 4. The molecule has 0 radical (unpaired) electrons. The number of carbonyl (C=O) groups excluding carboxylic acids is 2. The minimum absolute atomic E-state index is 0.237. The second kappa shape index (κ2) is 6.16. The molecular weight excluding hydrogens is 296 g/mol. The maximum Gasteiger partial charge on any atom is 0.414 e. The van der Waals surface area contributed by atoms with Gasteiger partial charge in [0, 0.05) is 5.69 Å². The van der Waals surface area contributed by atoms with Crippen LogP contribution >= 0.6 is 0 Å². The molecule has 3 rings (SSSR count). The summed E-state index contributed by atoms with van der Waals surface area (Å²) in [7, 11) is 0. The van der Waals surface area contributed by atoms with E-state index in [-0.39, 0.29) is 24.3 Å². The lowest BCUT2D eigenvalue weighted by Gasteiger charge is -2.14. The molecule has 1 aliphatic heterocycles. The summed E-state index contributed by atoms with van der Waals surface area (Å²) in [5.74, 6) is -0.0867. The Hall–Kier alpha value is -2.76. The van der Waals surface area contributed by atoms with E-state index in [0.29, 0.717) is 6.54 Å². The Bertz CT molecular complexity index is 704. The van der Waals surface area contributed by atoms with Crippen LogP contribution in [0, 0.1) is 13.8 Å². The molecule has 1 unspecified atom stereocenters. The lowest BCUT2D eigenvalue weighted by atomic mass is 10.1. The number of aryl methyl sites for hydroxylation is 2. The smallest absolute Gasteiger partial charge is 0.414 e. The van der Waals surface area contributed by atoms with Gasteiger partial charge < -0.3 is 14.5 Å². The van der Waals surface area contributed by atoms with E-state index in [9.17, 15) is 9.59 Å². The van der Waals surface area contributed by atoms with Crippen molar-refractivity contribution in [1.29, 1.82) is 0 Å². The molecule has 2 heterocycles. The van der Waals surface area contributed by atoms with Crippen molar-refractivity contribution in [1.82, 2.24) is 5.32 Å². The van der Waals surface area contributed by atoms with Gasteiger partial charge in [-0.15, -0.1) is 0 Å². The van der Waals surface area contributed by atoms with Gasteiger partial charge in [-0.2, -0.15) is 0 Å². The standard InChI is InChI=1S/C17H18N2O4/c1-11-6-12(2)8-13(7-11)19-10-14(23-17(19)21)9-18-16(20)15-4-3-5-22-15/h3-8,14H,9-10H2,1-2H3,(H,18,20). The number of cyclic esters (lactones) is 1. The molecule has 6 heteroatoms. The van der Waals surface area contributed by atoms with Crippen molar-refractivity contribution in [3.8, 4) is 0 Å². The fourth-order valence-corrected chi connectivity index (χ4v) is 2.65. The third-order valence-corrected chi connectivity index (χ3v) is 3.63. The minimum atomic E-state index is -0.396. The number of amides is 2. The summed E-state index contributed by atoms with van der Waals surface area (Å²) in [5.41, 5.74) is 2.98. The van der Waals surface area contributed by atoms with Crippen molar-refractivity contribution in [2.24, 2.45) is 0 Å². The number of ether oxygens (including phenoxy) is 1. The van der Waals surface area contributed by atoms with Crippen molar-refractivity contribution >= 4 is 17.7 Å². The Labute approximate surface area is 134 Å². The predicted octanol–water partition coefficient (Wildman–Crippen LogP) is 2.65. The largest absolute Gasteiger partial charge is 0.459 e. The molecule has 0 spiro atoms. The maximum atomic E-state index is 12.1. The van der Waals surface area contributed by atoms with Crippen LogP contribution in [0.3, 0.4) is 0 Å². The second-order valence-corrected chi connectivity index (χ2v) is 5.65. The Morgan fingerprint density at radius 1 is 1.30 bits per heavy atom. The first kappa shape index (κ1) is 15.1. The molecule has 2 amide bonds. The molecule has 6 nitrogen and oxygen atoms in total. The van der Waals surface area contributed by atoms with Gasteiger partial charge in [0.15, 0.2) is 5.76 Å². The summed E-state index contributed by atoms with van der Waals surface area (Å²) >= 11 is 0. The fourth-order valence-electron chi connectivity index (χ4n) is 2.65. The third-order valence-electron chi connectivity index (χ3n) is 3.63. The number of furan rings is 1. The lowest BCUT2D eigenvalue weighted by Crippen LogP contribution is -2.34. The van der Waals surface area contributed by atoms with Crippen LogP contribution in [0.2, 0.25) is 0 Å². The van der Waals surface area contributed by atoms with Crippen molar-refractivity contribution in [2.75, 3.05) is 18.0 Å². The molecule has 0 saturated carbocycles. The van der Waals surface area contributed by atoms with Gasteiger partial charge in [-0.05, 0) is 49.2 Å². The van der Waals surface area contributed by atoms with E-state index in [1.165, 1.54) is 6.26 Å². The Kier molecular flexibility index (Phi) is 4.06. The minimum Gasteiger partial charge on any atom is -0.459 e. The first-order valence-corrected chi connectivity index (χ1v) is 7.41. The highest BCUT2D eigenvalue weighted by atomic mass is 16.6. The van der Waals surface area contributed by atoms with E-state index in [1.807, 2.05) is 32.0 Å². The molecule has 1 fully saturated rings. The number of benzene rings is 1. The molecule has 1 aromatic heterocycles. The van der Waals surface area contributed by atoms with E-state index >= 15 is 0 Å². The first-order chi connectivity index (χ1) is 11.0. The summed E-state index contributed by atoms with van der Waals surface area (Å²) in [4.78, 5) is 25.5. The molecule has 1 saturated heterocycles. The topological polar surface area (TPSA) is 71.8 Å². The average molecular weight is 314 g/mol. The van der Waals surface area contributed by atoms with Crippen molar-refractivity contribution in [3.05, 3.63) is 53.5 Å². The molecule has 2 aromatic rings. The van der Waals surface area contributed by atoms with Crippen molar-refractivity contribution in [3.63, 3.8) is 0 Å². The van der Waals surface area contributed by atoms with Crippen LogP contribution in [-0.2, 0) is 4.74 Å². The summed E-state index contributed by atoms with van der Waals surface area (Å²) in [5, 5.41) is 2.71. The van der Waals surface area contributed by atoms with Crippen LogP contribution in [0.15, 0.2) is 41.0 Å². The van der Waals surface area contributed by atoms with Crippen LogP contribution < -0.4 is 10.2 Å². The lowest BCUT2D eigenvalue weighted by molar-refractivity contribution is 0.0889. The highest BCUT2D eigenvalue weighted by Gasteiger charge is 2.32. The summed E-state index contributed by atoms with van der Waals surface area (Å²) in [6.45, 7) is 4.62. The van der Waals surface area contributed by atoms with E-state index in [4.69, 9.17) is 9.15 Å². The summed E-state index contributed by atoms with van der Waals surface area (Å²) in [6, 6.07) is 9.16. The highest BCUT2D eigenvalue weighted by molar-refractivity contribution is 5.92. The van der Waals surface area contributed by atoms with Crippen LogP contribution in [0.25, 0.3) is 0 Å². The van der Waals surface area contributed by atoms with Crippen LogP contribution in [0.1, 0.15) is 21.7 Å². The molecular formula is C17H18N2O4. The van der Waals surface area contributed by atoms with Crippen LogP contribution in [0.4, 0.5) is 10.5 Å². The Balaban J connectivity index is 1.62. The Morgan fingerprint density at radius 3 is 2.70 bits per heavy atom. The number of hydrogen-bond acceptors (Lipinski definition) is 4. The molecule has 1 N–H and O–H groups in total. The van der Waals surface area contributed by atoms with Gasteiger partial charge in [-0.1, -0.05) is 6.07 Å². The zero-order chi connectivity index (χ0) is 16.4. The van der Waals surface area contributed by atoms with Gasteiger partial charge in [-0.25, -0.2) is 4.79 Å². The van der Waals surface area contributed by atoms with Gasteiger partial charge in [0.05, 0.1) is 19.4 Å². The molecule has 1 aliphatic rings. The Morgan fingerprint density at radius 2 is 2.04 bits per heavy atom. The molecule has 0 bridgehead atoms. The van der Waals surface area contributed by atoms with Gasteiger partial charge in [0.2, 0.25) is 0 Å². The summed E-state index contributed by atoms with van der Waals surface area (Å²) < 4.78 is 10.3. The van der Waals surface area contributed by atoms with Gasteiger partial charge in [0.25, 0.3) is 5.91 Å². The molecule has 1 aromatic carbocycles. The van der Waals surface area contributed by atoms with E-state index in [0.717, 1.165) is 16.8 Å². The number of nitrogens with zero attached hydrogens (tertiary/aromatic N) is 1. The fraction of sp³-hybridized carbons (Fsp3) is 0.294. The van der Waals surface area contributed by atoms with Crippen molar-refractivity contribution < 1.29 is 18.7 Å². The number of nitrogens with one attached hydrogen (secondary N) is 1. The number of hydrogen-bond donors (Lipinski definition) is 1. The van der Waals surface area contributed by atoms with Crippen LogP contribution in [-0.4, -0.2) is 31.2 Å². The third kappa shape index (κ3) is 3.36. The van der Waals surface area contributed by atoms with E-state index < -0.39 is 6.09 Å².